The molecule has 634 valence electrons. The lowest BCUT2D eigenvalue weighted by Gasteiger charge is -2.46. The highest BCUT2D eigenvalue weighted by molar-refractivity contribution is 7.86. The van der Waals surface area contributed by atoms with E-state index in [0.717, 1.165) is 61.0 Å². The molecule has 0 amide bonds. The maximum Gasteiger partial charge on any atom is 0.369 e. The molecule has 18 nitrogen and oxygen atoms in total. The highest BCUT2D eigenvalue weighted by atomic mass is 32.2. The van der Waals surface area contributed by atoms with Crippen molar-refractivity contribution in [2.75, 3.05) is 0 Å². The van der Waals surface area contributed by atoms with E-state index in [0.29, 0.717) is 44.4 Å². The lowest BCUT2D eigenvalue weighted by Crippen LogP contribution is -2.49. The van der Waals surface area contributed by atoms with Gasteiger partial charge < -0.3 is 42.8 Å². The van der Waals surface area contributed by atoms with Gasteiger partial charge in [0, 0.05) is 38.3 Å². The number of benzene rings is 6. The summed E-state index contributed by atoms with van der Waals surface area (Å²) in [4.78, 5) is 87.1. The van der Waals surface area contributed by atoms with Crippen LogP contribution in [0.1, 0.15) is 258 Å². The third-order valence-corrected chi connectivity index (χ3v) is 30.0. The molecule has 4 heterocycles. The zero-order chi connectivity index (χ0) is 86.0. The largest absolute Gasteiger partial charge is 0.743 e. The van der Waals surface area contributed by atoms with Crippen LogP contribution in [0.4, 0.5) is 8.78 Å². The van der Waals surface area contributed by atoms with E-state index in [9.17, 15) is 60.4 Å². The minimum absolute atomic E-state index is 0.00724. The zero-order valence-corrected chi connectivity index (χ0v) is 73.1. The van der Waals surface area contributed by atoms with Crippen molar-refractivity contribution in [1.82, 2.24) is 0 Å². The van der Waals surface area contributed by atoms with Gasteiger partial charge in [0.05, 0.1) is 44.8 Å². The van der Waals surface area contributed by atoms with Crippen molar-refractivity contribution < 1.29 is 93.6 Å². The van der Waals surface area contributed by atoms with Crippen LogP contribution < -0.4 is 9.47 Å². The van der Waals surface area contributed by atoms with Gasteiger partial charge in [0.15, 0.2) is 54.3 Å². The Hall–Kier alpha value is -8.44. The fraction of sp³-hybridized carbons (Fsp3) is 0.547. The molecule has 0 spiro atoms. The molecule has 1 aromatic heterocycles. The number of hydrogen-bond acceptors (Lipinski definition) is 18. The number of aromatic hydroxyl groups is 1. The zero-order valence-electron chi connectivity index (χ0n) is 71.4. The fourth-order valence-corrected chi connectivity index (χ4v) is 20.0. The summed E-state index contributed by atoms with van der Waals surface area (Å²) in [6, 6.07) is 45.9. The smallest absolute Gasteiger partial charge is 0.369 e. The van der Waals surface area contributed by atoms with Crippen LogP contribution in [-0.2, 0) is 57.8 Å². The number of alkyl halides is 2. The first-order valence-electron chi connectivity index (χ1n) is 41.8. The van der Waals surface area contributed by atoms with Crippen molar-refractivity contribution in [1.29, 1.82) is 0 Å². The van der Waals surface area contributed by atoms with Crippen LogP contribution in [0.5, 0.6) is 17.2 Å². The molecule has 0 radical (unpaired) electrons. The number of phenolic OH excluding ortho intramolecular Hbond substituents is 1. The second kappa shape index (κ2) is 35.9. The predicted molar refractivity (Wildman–Crippen MR) is 449 cm³/mol. The molecule has 3 saturated heterocycles. The maximum atomic E-state index is 13.0. The third-order valence-electron chi connectivity index (χ3n) is 26.7. The van der Waals surface area contributed by atoms with E-state index in [4.69, 9.17) is 28.4 Å². The van der Waals surface area contributed by atoms with E-state index < -0.39 is 73.4 Å². The summed E-state index contributed by atoms with van der Waals surface area (Å²) in [5.41, 5.74) is -1.12. The topological polar surface area (TPSA) is 262 Å². The Morgan fingerprint density at radius 2 is 1.10 bits per heavy atom. The summed E-state index contributed by atoms with van der Waals surface area (Å²) >= 11 is 0. The number of ether oxygens (including phenoxy) is 7. The van der Waals surface area contributed by atoms with Crippen molar-refractivity contribution in [3.05, 3.63) is 167 Å². The Labute approximate surface area is 692 Å². The Morgan fingerprint density at radius 1 is 0.590 bits per heavy atom. The minimum Gasteiger partial charge on any atom is -0.743 e. The van der Waals surface area contributed by atoms with Crippen LogP contribution in [0.15, 0.2) is 140 Å². The van der Waals surface area contributed by atoms with Crippen LogP contribution in [0.25, 0.3) is 25.1 Å². The summed E-state index contributed by atoms with van der Waals surface area (Å²) in [5, 5.41) is 8.28. The van der Waals surface area contributed by atoms with Crippen LogP contribution in [-0.4, -0.2) is 106 Å². The van der Waals surface area contributed by atoms with Crippen molar-refractivity contribution in [3.8, 4) is 22.1 Å². The molecule has 6 aromatic carbocycles. The molecule has 3 aliphatic heterocycles. The molecule has 7 fully saturated rings. The van der Waals surface area contributed by atoms with E-state index >= 15 is 0 Å². The van der Waals surface area contributed by atoms with E-state index in [1.54, 1.807) is 39.0 Å². The normalized spacial score (nSPS) is 24.2. The molecule has 15 rings (SSSR count). The summed E-state index contributed by atoms with van der Waals surface area (Å²) in [7, 11) is -5.80. The third kappa shape index (κ3) is 18.8. The highest BCUT2D eigenvalue weighted by Crippen LogP contribution is 2.71. The molecule has 14 atom stereocenters. The molecule has 6 bridgehead atoms. The summed E-state index contributed by atoms with van der Waals surface area (Å²) in [6.07, 6.45) is 9.69. The quantitative estimate of drug-likeness (QED) is 0.0175. The first-order chi connectivity index (χ1) is 54.9. The number of carbonyl (C=O) groups excluding carboxylic acids is 7. The van der Waals surface area contributed by atoms with Crippen LogP contribution in [0, 0.1) is 63.1 Å². The van der Waals surface area contributed by atoms with Crippen molar-refractivity contribution in [2.24, 2.45) is 63.1 Å². The Morgan fingerprint density at radius 3 is 1.64 bits per heavy atom. The number of phenols is 1. The number of hydrogen-bond donors (Lipinski definition) is 1. The second-order valence-electron chi connectivity index (χ2n) is 36.0. The average molecular weight is 1650 g/mol. The van der Waals surface area contributed by atoms with Gasteiger partial charge >= 0.3 is 35.1 Å². The molecule has 14 unspecified atom stereocenters. The summed E-state index contributed by atoms with van der Waals surface area (Å²) in [6.45, 7) is 35.5. The van der Waals surface area contributed by atoms with Gasteiger partial charge in [-0.3, -0.25) is 33.6 Å². The van der Waals surface area contributed by atoms with E-state index in [-0.39, 0.29) is 96.9 Å². The summed E-state index contributed by atoms with van der Waals surface area (Å²) < 4.78 is 98.3. The van der Waals surface area contributed by atoms with Crippen molar-refractivity contribution >= 4 is 82.2 Å². The van der Waals surface area contributed by atoms with Gasteiger partial charge in [0.1, 0.15) is 34.6 Å². The molecule has 7 aromatic rings. The Balaban J connectivity index is 0.000000149. The standard InChI is InChI=1S/C20H18O5.C20H32O2.C18H13S.C15H24O.C13H18O5.C9H16F2O5S/c1-4-20(2,3)19(24)25-14-10-9-13(21)15-16(14)18(23)12-8-6-5-7-11(12)17(15)22;1-5-19(3,4)18(21)22-20(6-2)11-14-10-15(20)17-13-8-7-12(9-13)16(14)17;1-2-8-14(9-3-1)19-17-12-6-4-10-15(17)16-11-5-7-13-18(16)19;1-6-12(3)13-8-10-14(11-9-13)16-15(4,5)7-2;1-4-13(2,3)12(15)18-9-7-5-6-8(16-7)10(9)17-11(6)14;1-5-8(3,4)7(12)16-6(2)9(10,11)17(13,14)15/h5-10,21H,4H2,1-3H3;12-17H,5-11H2,1-4H3;1-13H;8-12H,6-7H2,1-5H3;6-10H,4-5H2,1-3H3;6H,5H2,1-4H3,(H,13,14,15)/q;;+1;;;/p-1. The second-order valence-corrected chi connectivity index (χ2v) is 39.4. The number of halogens is 2. The van der Waals surface area contributed by atoms with Gasteiger partial charge in [0.2, 0.25) is 0 Å². The SMILES string of the molecule is CCC(C)(C)C(=O)OC(C)C(F)(F)S(=O)(=O)[O-].CCC(C)(C)C(=O)OC1(CC)CC2CC1C1C3CCC(C3)C21.CCC(C)(C)C(=O)OC1C2CC3C(=O)OC1C3O2.CCC(C)(C)C(=O)Oc1ccc(O)c2c1C(=O)c1ccccc1C2=O.CCC(C)c1ccc(OC(C)(C)CC)cc1.c1ccc(-[s+]2c3ccccc3c3ccccc32)cc1. The molecule has 5 aliphatic carbocycles. The minimum atomic E-state index is -5.86. The average Bonchev–Trinajstić information content (AvgIpc) is 1.53. The molecule has 1 N–H and O–H groups in total. The van der Waals surface area contributed by atoms with Crippen LogP contribution in [0.2, 0.25) is 0 Å². The molecule has 4 saturated carbocycles. The van der Waals surface area contributed by atoms with Crippen molar-refractivity contribution in [3.63, 3.8) is 0 Å². The Bertz CT molecular complexity index is 4830. The fourth-order valence-electron chi connectivity index (χ4n) is 17.1. The molecule has 22 heteroatoms. The van der Waals surface area contributed by atoms with E-state index in [2.05, 4.69) is 156 Å². The monoisotopic (exact) mass is 1650 g/mol. The van der Waals surface area contributed by atoms with Gasteiger partial charge in [0.25, 0.3) is 0 Å². The number of fused-ring (bicyclic) bond motifs is 15. The van der Waals surface area contributed by atoms with Crippen LogP contribution >= 0.6 is 10.5 Å². The van der Waals surface area contributed by atoms with Gasteiger partial charge in [-0.2, -0.15) is 8.78 Å². The van der Waals surface area contributed by atoms with Gasteiger partial charge in [-0.15, -0.1) is 0 Å². The van der Waals surface area contributed by atoms with Gasteiger partial charge in [-0.1, -0.05) is 134 Å². The van der Waals surface area contributed by atoms with Gasteiger partial charge in [-0.25, -0.2) is 8.42 Å². The van der Waals surface area contributed by atoms with Gasteiger partial charge in [-0.05, 0) is 261 Å². The maximum absolute atomic E-state index is 13.0. The Kier molecular flexibility index (Phi) is 27.9. The number of carbonyl (C=O) groups is 7. The number of esters is 5. The number of thiophene rings is 1. The molecule has 117 heavy (non-hydrogen) atoms. The molecule has 8 aliphatic rings. The van der Waals surface area contributed by atoms with E-state index in [1.165, 1.54) is 94.8 Å². The van der Waals surface area contributed by atoms with Crippen LogP contribution in [0.3, 0.4) is 0 Å². The highest BCUT2D eigenvalue weighted by Gasteiger charge is 2.69. The number of rotatable bonds is 21. The lowest BCUT2D eigenvalue weighted by molar-refractivity contribution is -0.183. The summed E-state index contributed by atoms with van der Waals surface area (Å²) in [5.74, 6) is 3.71. The molecular formula is C95H120F2O18S2. The molecular weight excluding hydrogens is 1530 g/mol. The van der Waals surface area contributed by atoms with E-state index in [1.807, 2.05) is 41.5 Å². The number of ketones is 2. The first-order valence-corrected chi connectivity index (χ1v) is 44.4. The predicted octanol–water partition coefficient (Wildman–Crippen LogP) is 21.4. The first kappa shape index (κ1) is 90.9. The lowest BCUT2D eigenvalue weighted by atomic mass is 9.65. The van der Waals surface area contributed by atoms with Crippen molar-refractivity contribution in [2.45, 2.75) is 268 Å².